The molecule has 1 aliphatic rings. The lowest BCUT2D eigenvalue weighted by molar-refractivity contribution is 0.0755. The molecule has 1 amide bonds. The molecule has 2 heterocycles. The number of carbonyl (C=O) groups excluding carboxylic acids is 1. The minimum atomic E-state index is -0.609. The topological polar surface area (TPSA) is 36.4 Å². The summed E-state index contributed by atoms with van der Waals surface area (Å²) in [6.45, 7) is 3.22. The third kappa shape index (κ3) is 3.00. The fraction of sp³-hybridized carbons (Fsp3) is 0.500. The third-order valence-corrected chi connectivity index (χ3v) is 2.94. The molecule has 0 spiro atoms. The quantitative estimate of drug-likeness (QED) is 0.684. The normalized spacial score (nSPS) is 17.9. The molecule has 5 heteroatoms. The lowest BCUT2D eigenvalue weighted by Gasteiger charge is -2.19. The van der Waals surface area contributed by atoms with E-state index in [9.17, 15) is 9.18 Å². The summed E-state index contributed by atoms with van der Waals surface area (Å²) in [5.74, 6) is -0.789. The van der Waals surface area contributed by atoms with E-state index in [0.717, 1.165) is 19.5 Å². The van der Waals surface area contributed by atoms with Gasteiger partial charge in [0.1, 0.15) is 5.69 Å². The second kappa shape index (κ2) is 5.23. The van der Waals surface area contributed by atoms with E-state index in [1.165, 1.54) is 12.1 Å². The first-order valence-corrected chi connectivity index (χ1v) is 5.77. The molecule has 1 aromatic heterocycles. The Morgan fingerprint density at radius 3 is 2.88 bits per heavy atom. The maximum absolute atomic E-state index is 12.9. The van der Waals surface area contributed by atoms with Crippen LogP contribution in [0.3, 0.4) is 0 Å². The van der Waals surface area contributed by atoms with Gasteiger partial charge in [-0.15, -0.1) is 0 Å². The van der Waals surface area contributed by atoms with Gasteiger partial charge in [0, 0.05) is 19.6 Å². The standard InChI is InChI=1S/C12H16FN3O/c1-15-6-3-7-16(9-8-15)12(17)10-4-2-5-11(13)14-10/h2,4-5H,3,6-9H2,1H3. The average molecular weight is 237 g/mol. The summed E-state index contributed by atoms with van der Waals surface area (Å²) in [6, 6.07) is 4.31. The summed E-state index contributed by atoms with van der Waals surface area (Å²) in [4.78, 5) is 19.6. The Morgan fingerprint density at radius 2 is 2.12 bits per heavy atom. The third-order valence-electron chi connectivity index (χ3n) is 2.94. The molecule has 1 aromatic rings. The Bertz CT molecular complexity index is 410. The molecule has 0 unspecified atom stereocenters. The van der Waals surface area contributed by atoms with Gasteiger partial charge in [-0.3, -0.25) is 4.79 Å². The van der Waals surface area contributed by atoms with Gasteiger partial charge < -0.3 is 9.80 Å². The maximum atomic E-state index is 12.9. The highest BCUT2D eigenvalue weighted by Crippen LogP contribution is 2.07. The molecule has 0 saturated carbocycles. The summed E-state index contributed by atoms with van der Waals surface area (Å²) >= 11 is 0. The molecular formula is C12H16FN3O. The zero-order valence-corrected chi connectivity index (χ0v) is 9.90. The molecule has 0 radical (unpaired) electrons. The number of hydrogen-bond acceptors (Lipinski definition) is 3. The van der Waals surface area contributed by atoms with E-state index >= 15 is 0 Å². The molecule has 0 aromatic carbocycles. The van der Waals surface area contributed by atoms with E-state index in [0.29, 0.717) is 13.1 Å². The van der Waals surface area contributed by atoms with E-state index in [2.05, 4.69) is 9.88 Å². The van der Waals surface area contributed by atoms with Crippen LogP contribution in [0.4, 0.5) is 4.39 Å². The molecule has 0 atom stereocenters. The van der Waals surface area contributed by atoms with E-state index in [-0.39, 0.29) is 11.6 Å². The van der Waals surface area contributed by atoms with Crippen molar-refractivity contribution < 1.29 is 9.18 Å². The molecule has 17 heavy (non-hydrogen) atoms. The number of amides is 1. The average Bonchev–Trinajstić information content (AvgIpc) is 2.53. The fourth-order valence-electron chi connectivity index (χ4n) is 1.94. The van der Waals surface area contributed by atoms with Crippen LogP contribution in [0, 0.1) is 5.95 Å². The molecule has 92 valence electrons. The Kier molecular flexibility index (Phi) is 3.68. The zero-order chi connectivity index (χ0) is 12.3. The van der Waals surface area contributed by atoms with Crippen LogP contribution < -0.4 is 0 Å². The molecule has 1 aliphatic heterocycles. The number of halogens is 1. The van der Waals surface area contributed by atoms with Crippen molar-refractivity contribution in [2.45, 2.75) is 6.42 Å². The van der Waals surface area contributed by atoms with Crippen LogP contribution in [-0.4, -0.2) is 53.9 Å². The van der Waals surface area contributed by atoms with Gasteiger partial charge in [0.25, 0.3) is 5.91 Å². The predicted octanol–water partition coefficient (Wildman–Crippen LogP) is 0.998. The van der Waals surface area contributed by atoms with Crippen molar-refractivity contribution >= 4 is 5.91 Å². The Morgan fingerprint density at radius 1 is 1.29 bits per heavy atom. The molecule has 4 nitrogen and oxygen atoms in total. The molecular weight excluding hydrogens is 221 g/mol. The highest BCUT2D eigenvalue weighted by molar-refractivity contribution is 5.92. The van der Waals surface area contributed by atoms with Gasteiger partial charge in [-0.2, -0.15) is 4.39 Å². The molecule has 1 fully saturated rings. The first-order chi connectivity index (χ1) is 8.16. The van der Waals surface area contributed by atoms with Gasteiger partial charge in [0.05, 0.1) is 0 Å². The number of nitrogens with zero attached hydrogens (tertiary/aromatic N) is 3. The van der Waals surface area contributed by atoms with Crippen molar-refractivity contribution in [2.75, 3.05) is 33.2 Å². The molecule has 0 N–H and O–H groups in total. The Balaban J connectivity index is 2.09. The van der Waals surface area contributed by atoms with Gasteiger partial charge in [-0.25, -0.2) is 4.98 Å². The maximum Gasteiger partial charge on any atom is 0.272 e. The molecule has 1 saturated heterocycles. The number of aromatic nitrogens is 1. The van der Waals surface area contributed by atoms with E-state index < -0.39 is 5.95 Å². The Hall–Kier alpha value is -1.49. The summed E-state index contributed by atoms with van der Waals surface area (Å²) in [7, 11) is 2.04. The summed E-state index contributed by atoms with van der Waals surface area (Å²) in [6.07, 6.45) is 0.942. The lowest BCUT2D eigenvalue weighted by Crippen LogP contribution is -2.35. The van der Waals surface area contributed by atoms with Gasteiger partial charge in [-0.05, 0) is 32.1 Å². The van der Waals surface area contributed by atoms with Crippen molar-refractivity contribution in [3.05, 3.63) is 29.8 Å². The summed E-state index contributed by atoms with van der Waals surface area (Å²) < 4.78 is 12.9. The van der Waals surface area contributed by atoms with Crippen LogP contribution in [0.25, 0.3) is 0 Å². The monoisotopic (exact) mass is 237 g/mol. The van der Waals surface area contributed by atoms with Crippen LogP contribution in [0.1, 0.15) is 16.9 Å². The van der Waals surface area contributed by atoms with Gasteiger partial charge in [0.15, 0.2) is 0 Å². The van der Waals surface area contributed by atoms with Crippen LogP contribution in [-0.2, 0) is 0 Å². The van der Waals surface area contributed by atoms with Crippen LogP contribution in [0.2, 0.25) is 0 Å². The predicted molar refractivity (Wildman–Crippen MR) is 62.2 cm³/mol. The first-order valence-electron chi connectivity index (χ1n) is 5.77. The van der Waals surface area contributed by atoms with Crippen molar-refractivity contribution in [1.29, 1.82) is 0 Å². The van der Waals surface area contributed by atoms with E-state index in [1.54, 1.807) is 11.0 Å². The second-order valence-corrected chi connectivity index (χ2v) is 4.29. The largest absolute Gasteiger partial charge is 0.336 e. The highest BCUT2D eigenvalue weighted by Gasteiger charge is 2.19. The van der Waals surface area contributed by atoms with Crippen LogP contribution >= 0.6 is 0 Å². The van der Waals surface area contributed by atoms with Crippen molar-refractivity contribution in [2.24, 2.45) is 0 Å². The Labute approximate surface area is 100 Å². The van der Waals surface area contributed by atoms with Crippen molar-refractivity contribution in [3.63, 3.8) is 0 Å². The second-order valence-electron chi connectivity index (χ2n) is 4.29. The van der Waals surface area contributed by atoms with Crippen molar-refractivity contribution in [1.82, 2.24) is 14.8 Å². The fourth-order valence-corrected chi connectivity index (χ4v) is 1.94. The first kappa shape index (κ1) is 12.0. The number of likely N-dealkylation sites (N-methyl/N-ethyl adjacent to an activating group) is 1. The summed E-state index contributed by atoms with van der Waals surface area (Å²) in [5, 5.41) is 0. The lowest BCUT2D eigenvalue weighted by atomic mass is 10.3. The number of carbonyl (C=O) groups is 1. The van der Waals surface area contributed by atoms with Crippen LogP contribution in [0.5, 0.6) is 0 Å². The molecule has 2 rings (SSSR count). The van der Waals surface area contributed by atoms with Gasteiger partial charge >= 0.3 is 0 Å². The minimum Gasteiger partial charge on any atom is -0.336 e. The molecule has 0 aliphatic carbocycles. The number of pyridine rings is 1. The highest BCUT2D eigenvalue weighted by atomic mass is 19.1. The summed E-state index contributed by atoms with van der Waals surface area (Å²) in [5.41, 5.74) is 0.189. The smallest absolute Gasteiger partial charge is 0.272 e. The van der Waals surface area contributed by atoms with Gasteiger partial charge in [0.2, 0.25) is 5.95 Å². The number of rotatable bonds is 1. The van der Waals surface area contributed by atoms with E-state index in [4.69, 9.17) is 0 Å². The number of hydrogen-bond donors (Lipinski definition) is 0. The van der Waals surface area contributed by atoms with Gasteiger partial charge in [-0.1, -0.05) is 6.07 Å². The SMILES string of the molecule is CN1CCCN(C(=O)c2cccc(F)n2)CC1. The van der Waals surface area contributed by atoms with E-state index in [1.807, 2.05) is 7.05 Å². The zero-order valence-electron chi connectivity index (χ0n) is 9.90. The van der Waals surface area contributed by atoms with Crippen molar-refractivity contribution in [3.8, 4) is 0 Å². The molecule has 0 bridgehead atoms. The van der Waals surface area contributed by atoms with Crippen LogP contribution in [0.15, 0.2) is 18.2 Å². The minimum absolute atomic E-state index is 0.181.